The summed E-state index contributed by atoms with van der Waals surface area (Å²) in [6.45, 7) is 2.87. The molecule has 2 heterocycles. The van der Waals surface area contributed by atoms with Gasteiger partial charge in [-0.15, -0.1) is 11.3 Å². The van der Waals surface area contributed by atoms with Crippen LogP contribution in [0.4, 0.5) is 5.82 Å². The quantitative estimate of drug-likeness (QED) is 0.777. The van der Waals surface area contributed by atoms with E-state index in [1.807, 2.05) is 18.2 Å². The van der Waals surface area contributed by atoms with Crippen LogP contribution in [0.1, 0.15) is 11.1 Å². The van der Waals surface area contributed by atoms with Crippen molar-refractivity contribution in [2.24, 2.45) is 0 Å². The molecule has 0 unspecified atom stereocenters. The molecule has 3 nitrogen and oxygen atoms in total. The standard InChI is InChI=1S/C14H13N3S/c1-10-8-18-14-12(10)13(16-9-17-14)15-7-11-5-3-2-4-6-11/h2-6,8-9H,7H2,1H3,(H,15,16,17). The van der Waals surface area contributed by atoms with Crippen LogP contribution >= 0.6 is 11.3 Å². The summed E-state index contributed by atoms with van der Waals surface area (Å²) in [4.78, 5) is 9.66. The van der Waals surface area contributed by atoms with Crippen molar-refractivity contribution in [3.8, 4) is 0 Å². The van der Waals surface area contributed by atoms with Crippen molar-refractivity contribution in [2.75, 3.05) is 5.32 Å². The lowest BCUT2D eigenvalue weighted by Crippen LogP contribution is -2.02. The van der Waals surface area contributed by atoms with Gasteiger partial charge in [-0.05, 0) is 23.4 Å². The molecule has 0 saturated heterocycles. The van der Waals surface area contributed by atoms with Gasteiger partial charge in [-0.1, -0.05) is 30.3 Å². The summed E-state index contributed by atoms with van der Waals surface area (Å²) in [6, 6.07) is 10.3. The first kappa shape index (κ1) is 11.2. The molecule has 4 heteroatoms. The summed E-state index contributed by atoms with van der Waals surface area (Å²) >= 11 is 1.66. The summed E-state index contributed by atoms with van der Waals surface area (Å²) in [6.07, 6.45) is 1.62. The van der Waals surface area contributed by atoms with Crippen LogP contribution in [0.3, 0.4) is 0 Å². The summed E-state index contributed by atoms with van der Waals surface area (Å²) in [5.74, 6) is 0.919. The molecule has 3 rings (SSSR count). The molecule has 0 aliphatic heterocycles. The zero-order valence-corrected chi connectivity index (χ0v) is 10.9. The van der Waals surface area contributed by atoms with Gasteiger partial charge in [0.25, 0.3) is 0 Å². The molecule has 1 N–H and O–H groups in total. The van der Waals surface area contributed by atoms with Gasteiger partial charge >= 0.3 is 0 Å². The highest BCUT2D eigenvalue weighted by atomic mass is 32.1. The molecule has 1 aromatic carbocycles. The Balaban J connectivity index is 1.89. The first-order valence-corrected chi connectivity index (χ1v) is 6.69. The number of aryl methyl sites for hydroxylation is 1. The molecule has 0 fully saturated rings. The molecule has 0 bridgehead atoms. The van der Waals surface area contributed by atoms with Crippen LogP contribution in [0.2, 0.25) is 0 Å². The van der Waals surface area contributed by atoms with Crippen molar-refractivity contribution in [1.82, 2.24) is 9.97 Å². The predicted octanol–water partition coefficient (Wildman–Crippen LogP) is 3.61. The molecular formula is C14H13N3S. The third kappa shape index (κ3) is 2.07. The first-order valence-electron chi connectivity index (χ1n) is 5.81. The van der Waals surface area contributed by atoms with Crippen molar-refractivity contribution >= 4 is 27.4 Å². The van der Waals surface area contributed by atoms with Gasteiger partial charge in [0.05, 0.1) is 5.39 Å². The largest absolute Gasteiger partial charge is 0.365 e. The average molecular weight is 255 g/mol. The number of aromatic nitrogens is 2. The predicted molar refractivity (Wildman–Crippen MR) is 75.9 cm³/mol. The Hall–Kier alpha value is -1.94. The Labute approximate surface area is 110 Å². The minimum absolute atomic E-state index is 0.780. The number of nitrogens with one attached hydrogen (secondary N) is 1. The van der Waals surface area contributed by atoms with Crippen LogP contribution in [0.15, 0.2) is 42.0 Å². The molecule has 0 aliphatic rings. The smallest absolute Gasteiger partial charge is 0.138 e. The number of anilines is 1. The van der Waals surface area contributed by atoms with E-state index in [-0.39, 0.29) is 0 Å². The second-order valence-electron chi connectivity index (χ2n) is 4.16. The molecule has 0 radical (unpaired) electrons. The number of fused-ring (bicyclic) bond motifs is 1. The van der Waals surface area contributed by atoms with E-state index >= 15 is 0 Å². The van der Waals surface area contributed by atoms with Gasteiger partial charge in [-0.25, -0.2) is 9.97 Å². The molecule has 0 amide bonds. The van der Waals surface area contributed by atoms with Crippen molar-refractivity contribution in [3.05, 3.63) is 53.2 Å². The van der Waals surface area contributed by atoms with Gasteiger partial charge in [-0.2, -0.15) is 0 Å². The zero-order valence-electron chi connectivity index (χ0n) is 10.1. The summed E-state index contributed by atoms with van der Waals surface area (Å²) < 4.78 is 0. The Kier molecular flexibility index (Phi) is 2.94. The van der Waals surface area contributed by atoms with Gasteiger partial charge in [0.2, 0.25) is 0 Å². The lowest BCUT2D eigenvalue weighted by Gasteiger charge is -2.07. The van der Waals surface area contributed by atoms with Crippen molar-refractivity contribution in [1.29, 1.82) is 0 Å². The Morgan fingerprint density at radius 3 is 2.83 bits per heavy atom. The molecule has 0 saturated carbocycles. The van der Waals surface area contributed by atoms with Crippen LogP contribution in [0, 0.1) is 6.92 Å². The van der Waals surface area contributed by atoms with E-state index in [1.54, 1.807) is 17.7 Å². The fourth-order valence-corrected chi connectivity index (χ4v) is 2.82. The number of hydrogen-bond donors (Lipinski definition) is 1. The highest BCUT2D eigenvalue weighted by Crippen LogP contribution is 2.28. The second-order valence-corrected chi connectivity index (χ2v) is 5.02. The van der Waals surface area contributed by atoms with Gasteiger partial charge in [0.15, 0.2) is 0 Å². The van der Waals surface area contributed by atoms with Gasteiger partial charge in [0, 0.05) is 6.54 Å². The molecule has 18 heavy (non-hydrogen) atoms. The molecule has 0 atom stereocenters. The Morgan fingerprint density at radius 2 is 2.00 bits per heavy atom. The van der Waals surface area contributed by atoms with Gasteiger partial charge < -0.3 is 5.32 Å². The monoisotopic (exact) mass is 255 g/mol. The van der Waals surface area contributed by atoms with E-state index < -0.39 is 0 Å². The summed E-state index contributed by atoms with van der Waals surface area (Å²) in [5.41, 5.74) is 2.48. The van der Waals surface area contributed by atoms with Crippen LogP contribution in [-0.2, 0) is 6.54 Å². The maximum atomic E-state index is 4.34. The Morgan fingerprint density at radius 1 is 1.17 bits per heavy atom. The van der Waals surface area contributed by atoms with Crippen LogP contribution in [0.25, 0.3) is 10.2 Å². The van der Waals surface area contributed by atoms with Crippen LogP contribution in [0.5, 0.6) is 0 Å². The van der Waals surface area contributed by atoms with E-state index in [0.717, 1.165) is 22.6 Å². The van der Waals surface area contributed by atoms with Crippen molar-refractivity contribution in [3.63, 3.8) is 0 Å². The fourth-order valence-electron chi connectivity index (χ4n) is 1.93. The minimum atomic E-state index is 0.780. The maximum absolute atomic E-state index is 4.34. The summed E-state index contributed by atoms with van der Waals surface area (Å²) in [5, 5.41) is 6.64. The molecule has 3 aromatic rings. The third-order valence-electron chi connectivity index (χ3n) is 2.86. The highest BCUT2D eigenvalue weighted by molar-refractivity contribution is 7.17. The highest BCUT2D eigenvalue weighted by Gasteiger charge is 2.07. The number of thiophene rings is 1. The van der Waals surface area contributed by atoms with Crippen molar-refractivity contribution in [2.45, 2.75) is 13.5 Å². The number of nitrogens with zero attached hydrogens (tertiary/aromatic N) is 2. The molecule has 0 aliphatic carbocycles. The van der Waals surface area contributed by atoms with Crippen LogP contribution < -0.4 is 5.32 Å². The molecule has 2 aromatic heterocycles. The average Bonchev–Trinajstić information content (AvgIpc) is 2.80. The van der Waals surface area contributed by atoms with E-state index in [9.17, 15) is 0 Å². The maximum Gasteiger partial charge on any atom is 0.138 e. The first-order chi connectivity index (χ1) is 8.84. The normalized spacial score (nSPS) is 10.7. The van der Waals surface area contributed by atoms with Gasteiger partial charge in [-0.3, -0.25) is 0 Å². The lowest BCUT2D eigenvalue weighted by atomic mass is 10.2. The molecule has 90 valence electrons. The Bertz CT molecular complexity index is 661. The zero-order chi connectivity index (χ0) is 12.4. The van der Waals surface area contributed by atoms with Crippen LogP contribution in [-0.4, -0.2) is 9.97 Å². The number of rotatable bonds is 3. The number of benzene rings is 1. The SMILES string of the molecule is Cc1csc2ncnc(NCc3ccccc3)c12. The van der Waals surface area contributed by atoms with E-state index in [2.05, 4.69) is 39.7 Å². The summed E-state index contributed by atoms with van der Waals surface area (Å²) in [7, 11) is 0. The number of hydrogen-bond acceptors (Lipinski definition) is 4. The van der Waals surface area contributed by atoms with E-state index in [4.69, 9.17) is 0 Å². The van der Waals surface area contributed by atoms with E-state index in [0.29, 0.717) is 0 Å². The molecular weight excluding hydrogens is 242 g/mol. The lowest BCUT2D eigenvalue weighted by molar-refractivity contribution is 1.10. The van der Waals surface area contributed by atoms with E-state index in [1.165, 1.54) is 11.1 Å². The third-order valence-corrected chi connectivity index (χ3v) is 3.86. The van der Waals surface area contributed by atoms with Crippen molar-refractivity contribution < 1.29 is 0 Å². The van der Waals surface area contributed by atoms with Gasteiger partial charge in [0.1, 0.15) is 17.0 Å². The minimum Gasteiger partial charge on any atom is -0.365 e. The molecule has 0 spiro atoms. The fraction of sp³-hybridized carbons (Fsp3) is 0.143. The second kappa shape index (κ2) is 4.74. The topological polar surface area (TPSA) is 37.8 Å².